The number of hydrogen-bond acceptors (Lipinski definition) is 3. The van der Waals surface area contributed by atoms with Crippen molar-refractivity contribution < 1.29 is 9.90 Å². The van der Waals surface area contributed by atoms with Crippen LogP contribution in [0, 0.1) is 0 Å². The Balaban J connectivity index is 1.39. The summed E-state index contributed by atoms with van der Waals surface area (Å²) in [5, 5.41) is 15.5. The molecule has 2 N–H and O–H groups in total. The van der Waals surface area contributed by atoms with E-state index in [0.29, 0.717) is 17.5 Å². The molecule has 3 aromatic rings. The molecule has 0 atom stereocenters. The Morgan fingerprint density at radius 2 is 1.69 bits per heavy atom. The zero-order valence-electron chi connectivity index (χ0n) is 16.8. The quantitative estimate of drug-likeness (QED) is 0.532. The van der Waals surface area contributed by atoms with Gasteiger partial charge in [-0.05, 0) is 59.6 Å². The van der Waals surface area contributed by atoms with Crippen molar-refractivity contribution >= 4 is 17.1 Å². The SMILES string of the molecule is O=Cc1c(O)ccc2cc(C3CCCC(NCc4ccccc4)CCC3)ccc12. The van der Waals surface area contributed by atoms with Gasteiger partial charge in [0.15, 0.2) is 6.29 Å². The summed E-state index contributed by atoms with van der Waals surface area (Å²) < 4.78 is 0. The third kappa shape index (κ3) is 4.68. The molecular formula is C26H29NO2. The fourth-order valence-corrected chi connectivity index (χ4v) is 4.64. The Morgan fingerprint density at radius 1 is 0.931 bits per heavy atom. The highest BCUT2D eigenvalue weighted by molar-refractivity contribution is 6.00. The molecule has 0 amide bonds. The Labute approximate surface area is 172 Å². The average Bonchev–Trinajstić information content (AvgIpc) is 2.73. The minimum absolute atomic E-state index is 0.0558. The van der Waals surface area contributed by atoms with E-state index in [1.807, 2.05) is 12.1 Å². The minimum atomic E-state index is 0.0558. The van der Waals surface area contributed by atoms with Crippen LogP contribution in [0.2, 0.25) is 0 Å². The molecule has 1 fully saturated rings. The van der Waals surface area contributed by atoms with Gasteiger partial charge in [0, 0.05) is 12.6 Å². The van der Waals surface area contributed by atoms with E-state index in [2.05, 4.69) is 47.8 Å². The summed E-state index contributed by atoms with van der Waals surface area (Å²) in [6.07, 6.45) is 8.05. The maximum absolute atomic E-state index is 11.3. The standard InChI is InChI=1S/C26H29NO2/c28-18-25-24-14-12-21(16-22(24)13-15-26(25)29)20-8-4-10-23(11-5-9-20)27-17-19-6-2-1-3-7-19/h1-3,6-7,12-16,18,20,23,27,29H,4-5,8-11,17H2. The maximum Gasteiger partial charge on any atom is 0.154 e. The van der Waals surface area contributed by atoms with Crippen molar-refractivity contribution in [1.29, 1.82) is 0 Å². The lowest BCUT2D eigenvalue weighted by Gasteiger charge is -2.26. The third-order valence-corrected chi connectivity index (χ3v) is 6.30. The second kappa shape index (κ2) is 9.23. The van der Waals surface area contributed by atoms with E-state index < -0.39 is 0 Å². The molecule has 3 nitrogen and oxygen atoms in total. The lowest BCUT2D eigenvalue weighted by molar-refractivity contribution is 0.112. The van der Waals surface area contributed by atoms with Gasteiger partial charge in [0.1, 0.15) is 5.75 Å². The van der Waals surface area contributed by atoms with Crippen LogP contribution in [0.4, 0.5) is 0 Å². The summed E-state index contributed by atoms with van der Waals surface area (Å²) in [6.45, 7) is 0.950. The highest BCUT2D eigenvalue weighted by atomic mass is 16.3. The monoisotopic (exact) mass is 387 g/mol. The largest absolute Gasteiger partial charge is 0.507 e. The van der Waals surface area contributed by atoms with Crippen LogP contribution in [0.3, 0.4) is 0 Å². The van der Waals surface area contributed by atoms with Crippen LogP contribution in [0.25, 0.3) is 10.8 Å². The molecule has 150 valence electrons. The van der Waals surface area contributed by atoms with Crippen molar-refractivity contribution in [1.82, 2.24) is 5.32 Å². The topological polar surface area (TPSA) is 49.3 Å². The second-order valence-electron chi connectivity index (χ2n) is 8.22. The van der Waals surface area contributed by atoms with E-state index in [4.69, 9.17) is 0 Å². The molecule has 3 aromatic carbocycles. The number of fused-ring (bicyclic) bond motifs is 1. The van der Waals surface area contributed by atoms with E-state index >= 15 is 0 Å². The van der Waals surface area contributed by atoms with Crippen LogP contribution in [-0.4, -0.2) is 17.4 Å². The molecule has 1 aliphatic carbocycles. The van der Waals surface area contributed by atoms with Crippen LogP contribution in [0.15, 0.2) is 60.7 Å². The molecule has 0 saturated heterocycles. The fraction of sp³-hybridized carbons (Fsp3) is 0.346. The lowest BCUT2D eigenvalue weighted by Crippen LogP contribution is -2.29. The van der Waals surface area contributed by atoms with Crippen molar-refractivity contribution in [2.24, 2.45) is 0 Å². The van der Waals surface area contributed by atoms with Crippen molar-refractivity contribution in [3.63, 3.8) is 0 Å². The van der Waals surface area contributed by atoms with Gasteiger partial charge in [-0.25, -0.2) is 0 Å². The predicted molar refractivity (Wildman–Crippen MR) is 119 cm³/mol. The number of phenols is 1. The number of benzene rings is 3. The predicted octanol–water partition coefficient (Wildman–Crippen LogP) is 5.95. The van der Waals surface area contributed by atoms with Gasteiger partial charge in [-0.15, -0.1) is 0 Å². The Hall–Kier alpha value is -2.65. The summed E-state index contributed by atoms with van der Waals surface area (Å²) >= 11 is 0. The summed E-state index contributed by atoms with van der Waals surface area (Å²) in [4.78, 5) is 11.3. The second-order valence-corrected chi connectivity index (χ2v) is 8.22. The summed E-state index contributed by atoms with van der Waals surface area (Å²) in [5.74, 6) is 0.628. The first kappa shape index (κ1) is 19.7. The number of hydrogen-bond donors (Lipinski definition) is 2. The van der Waals surface area contributed by atoms with Gasteiger partial charge in [-0.2, -0.15) is 0 Å². The zero-order chi connectivity index (χ0) is 20.1. The molecule has 29 heavy (non-hydrogen) atoms. The van der Waals surface area contributed by atoms with Crippen LogP contribution in [-0.2, 0) is 6.54 Å². The summed E-state index contributed by atoms with van der Waals surface area (Å²) in [7, 11) is 0. The van der Waals surface area contributed by atoms with Crippen LogP contribution in [0.1, 0.15) is 65.9 Å². The van der Waals surface area contributed by atoms with Crippen molar-refractivity contribution in [3.05, 3.63) is 77.4 Å². The van der Waals surface area contributed by atoms with Gasteiger partial charge >= 0.3 is 0 Å². The molecule has 1 aliphatic rings. The van der Waals surface area contributed by atoms with Crippen molar-refractivity contribution in [2.45, 2.75) is 57.0 Å². The molecule has 0 heterocycles. The number of aromatic hydroxyl groups is 1. The molecule has 0 radical (unpaired) electrons. The number of aldehydes is 1. The highest BCUT2D eigenvalue weighted by Crippen LogP contribution is 2.34. The molecule has 1 saturated carbocycles. The Kier molecular flexibility index (Phi) is 6.26. The first-order valence-corrected chi connectivity index (χ1v) is 10.7. The lowest BCUT2D eigenvalue weighted by atomic mass is 9.83. The van der Waals surface area contributed by atoms with Gasteiger partial charge < -0.3 is 10.4 Å². The molecule has 0 bridgehead atoms. The van der Waals surface area contributed by atoms with E-state index in [-0.39, 0.29) is 5.75 Å². The average molecular weight is 388 g/mol. The van der Waals surface area contributed by atoms with Crippen LogP contribution >= 0.6 is 0 Å². The van der Waals surface area contributed by atoms with Gasteiger partial charge in [-0.3, -0.25) is 4.79 Å². The number of carbonyl (C=O) groups is 1. The molecular weight excluding hydrogens is 358 g/mol. The van der Waals surface area contributed by atoms with Crippen LogP contribution < -0.4 is 5.32 Å². The molecule has 3 heteroatoms. The fourth-order valence-electron chi connectivity index (χ4n) is 4.64. The molecule has 0 spiro atoms. The number of nitrogens with one attached hydrogen (secondary N) is 1. The molecule has 0 aromatic heterocycles. The van der Waals surface area contributed by atoms with Gasteiger partial charge in [0.2, 0.25) is 0 Å². The van der Waals surface area contributed by atoms with E-state index in [1.54, 1.807) is 6.07 Å². The summed E-state index contributed by atoms with van der Waals surface area (Å²) in [5.41, 5.74) is 3.10. The van der Waals surface area contributed by atoms with Gasteiger partial charge in [-0.1, -0.05) is 67.4 Å². The zero-order valence-corrected chi connectivity index (χ0v) is 16.8. The van der Waals surface area contributed by atoms with Gasteiger partial charge in [0.25, 0.3) is 0 Å². The maximum atomic E-state index is 11.3. The first-order chi connectivity index (χ1) is 14.2. The summed E-state index contributed by atoms with van der Waals surface area (Å²) in [6, 6.07) is 21.1. The van der Waals surface area contributed by atoms with Crippen LogP contribution in [0.5, 0.6) is 5.75 Å². The Morgan fingerprint density at radius 3 is 2.41 bits per heavy atom. The first-order valence-electron chi connectivity index (χ1n) is 10.7. The highest BCUT2D eigenvalue weighted by Gasteiger charge is 2.19. The van der Waals surface area contributed by atoms with E-state index in [9.17, 15) is 9.90 Å². The number of phenolic OH excluding ortho intramolecular Hbond substituents is 1. The third-order valence-electron chi connectivity index (χ3n) is 6.30. The smallest absolute Gasteiger partial charge is 0.154 e. The van der Waals surface area contributed by atoms with E-state index in [1.165, 1.54) is 49.7 Å². The molecule has 0 aliphatic heterocycles. The molecule has 0 unspecified atom stereocenters. The molecule has 4 rings (SSSR count). The number of rotatable bonds is 5. The van der Waals surface area contributed by atoms with Gasteiger partial charge in [0.05, 0.1) is 5.56 Å². The Bertz CT molecular complexity index is 957. The van der Waals surface area contributed by atoms with Crippen molar-refractivity contribution in [3.8, 4) is 5.75 Å². The van der Waals surface area contributed by atoms with Crippen molar-refractivity contribution in [2.75, 3.05) is 0 Å². The number of carbonyl (C=O) groups excluding carboxylic acids is 1. The van der Waals surface area contributed by atoms with E-state index in [0.717, 1.165) is 23.6 Å². The minimum Gasteiger partial charge on any atom is -0.507 e. The normalized spacial score (nSPS) is 20.1.